The van der Waals surface area contributed by atoms with Crippen LogP contribution >= 0.6 is 0 Å². The topological polar surface area (TPSA) is 42.1 Å². The van der Waals surface area contributed by atoms with Gasteiger partial charge < -0.3 is 5.73 Å². The van der Waals surface area contributed by atoms with Crippen molar-refractivity contribution in [2.24, 2.45) is 5.73 Å². The standard InChI is InChI=1S/C15H19N3/c1-15(16,18-8-4-5-9-18)13-10-12-6-2-3-7-14(12)17-11-13/h2-3,6-7,10-11H,4-5,8-9,16H2,1H3. The summed E-state index contributed by atoms with van der Waals surface area (Å²) < 4.78 is 0. The summed E-state index contributed by atoms with van der Waals surface area (Å²) in [7, 11) is 0. The summed E-state index contributed by atoms with van der Waals surface area (Å²) in [5.41, 5.74) is 8.24. The molecular formula is C15H19N3. The molecule has 2 aromatic rings. The fraction of sp³-hybridized carbons (Fsp3) is 0.400. The van der Waals surface area contributed by atoms with Gasteiger partial charge in [0.1, 0.15) is 0 Å². The molecule has 2 N–H and O–H groups in total. The van der Waals surface area contributed by atoms with E-state index in [1.54, 1.807) is 0 Å². The number of pyridine rings is 1. The van der Waals surface area contributed by atoms with E-state index in [1.807, 2.05) is 24.4 Å². The third-order valence-electron chi connectivity index (χ3n) is 3.94. The molecule has 3 heteroatoms. The zero-order chi connectivity index (χ0) is 12.6. The number of benzene rings is 1. The van der Waals surface area contributed by atoms with E-state index in [2.05, 4.69) is 28.9 Å². The fourth-order valence-electron chi connectivity index (χ4n) is 2.71. The number of aromatic nitrogens is 1. The third kappa shape index (κ3) is 1.89. The van der Waals surface area contributed by atoms with E-state index < -0.39 is 5.66 Å². The van der Waals surface area contributed by atoms with Crippen LogP contribution in [0.2, 0.25) is 0 Å². The molecule has 1 unspecified atom stereocenters. The number of likely N-dealkylation sites (tertiary alicyclic amines) is 1. The summed E-state index contributed by atoms with van der Waals surface area (Å²) in [6.45, 7) is 4.25. The highest BCUT2D eigenvalue weighted by molar-refractivity contribution is 5.78. The van der Waals surface area contributed by atoms with Gasteiger partial charge in [0.15, 0.2) is 0 Å². The van der Waals surface area contributed by atoms with Crippen molar-refractivity contribution < 1.29 is 0 Å². The maximum atomic E-state index is 6.52. The van der Waals surface area contributed by atoms with E-state index in [0.29, 0.717) is 0 Å². The molecule has 3 nitrogen and oxygen atoms in total. The lowest BCUT2D eigenvalue weighted by Crippen LogP contribution is -2.49. The number of hydrogen-bond acceptors (Lipinski definition) is 3. The van der Waals surface area contributed by atoms with Gasteiger partial charge in [0, 0.05) is 30.2 Å². The molecule has 18 heavy (non-hydrogen) atoms. The fourth-order valence-corrected chi connectivity index (χ4v) is 2.71. The Kier molecular flexibility index (Phi) is 2.80. The summed E-state index contributed by atoms with van der Waals surface area (Å²) in [6, 6.07) is 10.3. The highest BCUT2D eigenvalue weighted by Crippen LogP contribution is 2.27. The molecule has 0 bridgehead atoms. The Morgan fingerprint density at radius 1 is 1.22 bits per heavy atom. The zero-order valence-corrected chi connectivity index (χ0v) is 10.8. The van der Waals surface area contributed by atoms with Crippen molar-refractivity contribution in [1.82, 2.24) is 9.88 Å². The molecule has 1 saturated heterocycles. The average molecular weight is 241 g/mol. The van der Waals surface area contributed by atoms with Crippen LogP contribution in [-0.2, 0) is 5.66 Å². The van der Waals surface area contributed by atoms with Gasteiger partial charge in [-0.15, -0.1) is 0 Å². The van der Waals surface area contributed by atoms with E-state index in [0.717, 1.165) is 29.6 Å². The molecular weight excluding hydrogens is 222 g/mol. The monoisotopic (exact) mass is 241 g/mol. The van der Waals surface area contributed by atoms with Crippen molar-refractivity contribution in [2.45, 2.75) is 25.4 Å². The quantitative estimate of drug-likeness (QED) is 0.878. The molecule has 3 rings (SSSR count). The molecule has 0 amide bonds. The second kappa shape index (κ2) is 4.34. The molecule has 94 valence electrons. The smallest absolute Gasteiger partial charge is 0.0936 e. The molecule has 1 fully saturated rings. The molecule has 1 atom stereocenters. The number of hydrogen-bond donors (Lipinski definition) is 1. The Morgan fingerprint density at radius 3 is 2.72 bits per heavy atom. The first-order chi connectivity index (χ1) is 8.68. The summed E-state index contributed by atoms with van der Waals surface area (Å²) in [5, 5.41) is 1.16. The van der Waals surface area contributed by atoms with Crippen molar-refractivity contribution >= 4 is 10.9 Å². The van der Waals surface area contributed by atoms with Gasteiger partial charge in [0.2, 0.25) is 0 Å². The predicted octanol–water partition coefficient (Wildman–Crippen LogP) is 2.46. The minimum atomic E-state index is -0.409. The lowest BCUT2D eigenvalue weighted by Gasteiger charge is -2.35. The Balaban J connectivity index is 2.02. The molecule has 0 radical (unpaired) electrons. The molecule has 0 saturated carbocycles. The summed E-state index contributed by atoms with van der Waals surface area (Å²) in [4.78, 5) is 6.86. The van der Waals surface area contributed by atoms with Crippen LogP contribution in [0.1, 0.15) is 25.3 Å². The molecule has 2 heterocycles. The first-order valence-corrected chi connectivity index (χ1v) is 6.57. The van der Waals surface area contributed by atoms with Crippen LogP contribution in [-0.4, -0.2) is 23.0 Å². The summed E-state index contributed by atoms with van der Waals surface area (Å²) in [6.07, 6.45) is 4.41. The van der Waals surface area contributed by atoms with E-state index in [4.69, 9.17) is 5.73 Å². The van der Waals surface area contributed by atoms with Crippen LogP contribution in [0.15, 0.2) is 36.5 Å². The van der Waals surface area contributed by atoms with Gasteiger partial charge in [-0.3, -0.25) is 9.88 Å². The number of para-hydroxylation sites is 1. The van der Waals surface area contributed by atoms with Crippen molar-refractivity contribution in [2.75, 3.05) is 13.1 Å². The molecule has 1 aromatic heterocycles. The van der Waals surface area contributed by atoms with E-state index >= 15 is 0 Å². The third-order valence-corrected chi connectivity index (χ3v) is 3.94. The van der Waals surface area contributed by atoms with Crippen LogP contribution in [0, 0.1) is 0 Å². The first-order valence-electron chi connectivity index (χ1n) is 6.57. The summed E-state index contributed by atoms with van der Waals surface area (Å²) in [5.74, 6) is 0. The van der Waals surface area contributed by atoms with Crippen molar-refractivity contribution in [3.8, 4) is 0 Å². The zero-order valence-electron chi connectivity index (χ0n) is 10.8. The second-order valence-corrected chi connectivity index (χ2v) is 5.26. The van der Waals surface area contributed by atoms with Crippen LogP contribution < -0.4 is 5.73 Å². The number of nitrogens with two attached hydrogens (primary N) is 1. The maximum absolute atomic E-state index is 6.52. The van der Waals surface area contributed by atoms with Gasteiger partial charge in [-0.25, -0.2) is 0 Å². The van der Waals surface area contributed by atoms with Crippen molar-refractivity contribution in [3.05, 3.63) is 42.1 Å². The van der Waals surface area contributed by atoms with Gasteiger partial charge in [-0.05, 0) is 31.9 Å². The van der Waals surface area contributed by atoms with Gasteiger partial charge in [0.25, 0.3) is 0 Å². The number of fused-ring (bicyclic) bond motifs is 1. The Morgan fingerprint density at radius 2 is 1.94 bits per heavy atom. The Labute approximate surface area is 108 Å². The number of nitrogens with zero attached hydrogens (tertiary/aromatic N) is 2. The van der Waals surface area contributed by atoms with Gasteiger partial charge >= 0.3 is 0 Å². The molecule has 0 aliphatic carbocycles. The van der Waals surface area contributed by atoms with Crippen molar-refractivity contribution in [3.63, 3.8) is 0 Å². The van der Waals surface area contributed by atoms with Crippen LogP contribution in [0.4, 0.5) is 0 Å². The van der Waals surface area contributed by atoms with Crippen LogP contribution in [0.25, 0.3) is 10.9 Å². The van der Waals surface area contributed by atoms with Crippen LogP contribution in [0.3, 0.4) is 0 Å². The lowest BCUT2D eigenvalue weighted by molar-refractivity contribution is 0.142. The molecule has 1 aromatic carbocycles. The maximum Gasteiger partial charge on any atom is 0.0936 e. The second-order valence-electron chi connectivity index (χ2n) is 5.26. The average Bonchev–Trinajstić information content (AvgIpc) is 2.92. The van der Waals surface area contributed by atoms with Gasteiger partial charge in [-0.2, -0.15) is 0 Å². The minimum absolute atomic E-state index is 0.409. The van der Waals surface area contributed by atoms with Gasteiger partial charge in [-0.1, -0.05) is 18.2 Å². The summed E-state index contributed by atoms with van der Waals surface area (Å²) >= 11 is 0. The first kappa shape index (κ1) is 11.6. The van der Waals surface area contributed by atoms with Gasteiger partial charge in [0.05, 0.1) is 11.2 Å². The molecule has 0 spiro atoms. The molecule has 1 aliphatic heterocycles. The van der Waals surface area contributed by atoms with Crippen molar-refractivity contribution in [1.29, 1.82) is 0 Å². The Bertz CT molecular complexity index is 556. The highest BCUT2D eigenvalue weighted by Gasteiger charge is 2.31. The van der Waals surface area contributed by atoms with E-state index in [1.165, 1.54) is 12.8 Å². The SMILES string of the molecule is CC(N)(c1cnc2ccccc2c1)N1CCCC1. The highest BCUT2D eigenvalue weighted by atomic mass is 15.3. The number of rotatable bonds is 2. The largest absolute Gasteiger partial charge is 0.310 e. The van der Waals surface area contributed by atoms with E-state index in [-0.39, 0.29) is 0 Å². The molecule has 1 aliphatic rings. The van der Waals surface area contributed by atoms with Crippen LogP contribution in [0.5, 0.6) is 0 Å². The lowest BCUT2D eigenvalue weighted by atomic mass is 10.0. The van der Waals surface area contributed by atoms with E-state index in [9.17, 15) is 0 Å². The minimum Gasteiger partial charge on any atom is -0.310 e. The predicted molar refractivity (Wildman–Crippen MR) is 74.1 cm³/mol. The normalized spacial score (nSPS) is 20.1. The Hall–Kier alpha value is -1.45.